The van der Waals surface area contributed by atoms with Gasteiger partial charge in [0.05, 0.1) is 6.61 Å². The van der Waals surface area contributed by atoms with E-state index in [4.69, 9.17) is 4.74 Å². The van der Waals surface area contributed by atoms with Gasteiger partial charge in [-0.15, -0.1) is 0 Å². The number of rotatable bonds is 6. The molecule has 0 spiro atoms. The van der Waals surface area contributed by atoms with E-state index >= 15 is 0 Å². The number of carbonyl (C=O) groups excluding carboxylic acids is 4. The number of ether oxygens (including phenoxy) is 1. The van der Waals surface area contributed by atoms with E-state index in [9.17, 15) is 19.2 Å². The van der Waals surface area contributed by atoms with Crippen LogP contribution in [0.1, 0.15) is 51.6 Å². The second-order valence-electron chi connectivity index (χ2n) is 7.53. The summed E-state index contributed by atoms with van der Waals surface area (Å²) < 4.78 is 5.38. The van der Waals surface area contributed by atoms with Gasteiger partial charge in [-0.25, -0.2) is 0 Å². The zero-order valence-corrected chi connectivity index (χ0v) is 17.1. The molecule has 0 bridgehead atoms. The van der Waals surface area contributed by atoms with Crippen molar-refractivity contribution in [1.82, 2.24) is 15.5 Å². The van der Waals surface area contributed by atoms with Crippen LogP contribution in [-0.4, -0.2) is 41.2 Å². The number of imide groups is 1. The molecule has 2 aliphatic rings. The van der Waals surface area contributed by atoms with Crippen LogP contribution in [0.15, 0.2) is 42.5 Å². The molecule has 2 N–H and O–H groups in total. The van der Waals surface area contributed by atoms with E-state index < -0.39 is 11.9 Å². The maximum absolute atomic E-state index is 12.7. The number of nitrogens with zero attached hydrogens (tertiary/aromatic N) is 1. The second kappa shape index (κ2) is 8.59. The first-order valence-corrected chi connectivity index (χ1v) is 10.2. The molecule has 1 fully saturated rings. The fourth-order valence-corrected chi connectivity index (χ4v) is 3.89. The highest BCUT2D eigenvalue weighted by atomic mass is 16.5. The summed E-state index contributed by atoms with van der Waals surface area (Å²) in [5.41, 5.74) is 2.74. The van der Waals surface area contributed by atoms with Crippen LogP contribution in [0, 0.1) is 0 Å². The van der Waals surface area contributed by atoms with Crippen molar-refractivity contribution < 1.29 is 23.9 Å². The fraction of sp³-hybridized carbons (Fsp3) is 0.304. The Kier molecular flexibility index (Phi) is 5.70. The van der Waals surface area contributed by atoms with E-state index in [1.54, 1.807) is 36.4 Å². The third-order valence-electron chi connectivity index (χ3n) is 5.47. The summed E-state index contributed by atoms with van der Waals surface area (Å²) in [6, 6.07) is 11.7. The lowest BCUT2D eigenvalue weighted by Crippen LogP contribution is -2.52. The molecule has 0 radical (unpaired) electrons. The average Bonchev–Trinajstić information content (AvgIpc) is 3.08. The molecule has 0 aliphatic carbocycles. The largest absolute Gasteiger partial charge is 0.494 e. The molecule has 31 heavy (non-hydrogen) atoms. The smallest absolute Gasteiger partial charge is 0.255 e. The summed E-state index contributed by atoms with van der Waals surface area (Å²) in [6.45, 7) is 3.08. The third kappa shape index (κ3) is 4.28. The van der Waals surface area contributed by atoms with Crippen LogP contribution in [0.3, 0.4) is 0 Å². The highest BCUT2D eigenvalue weighted by Crippen LogP contribution is 2.28. The molecule has 4 amide bonds. The molecule has 2 heterocycles. The van der Waals surface area contributed by atoms with Crippen molar-refractivity contribution in [3.63, 3.8) is 0 Å². The van der Waals surface area contributed by atoms with Crippen molar-refractivity contribution in [2.75, 3.05) is 6.61 Å². The Morgan fingerprint density at radius 3 is 2.65 bits per heavy atom. The lowest BCUT2D eigenvalue weighted by Gasteiger charge is -2.29. The number of benzene rings is 2. The summed E-state index contributed by atoms with van der Waals surface area (Å²) in [6.07, 6.45) is 0.550. The quantitative estimate of drug-likeness (QED) is 0.692. The minimum atomic E-state index is -0.639. The molecular formula is C23H23N3O5. The molecule has 8 heteroatoms. The topological polar surface area (TPSA) is 105 Å². The minimum Gasteiger partial charge on any atom is -0.494 e. The van der Waals surface area contributed by atoms with Gasteiger partial charge in [0.25, 0.3) is 11.8 Å². The first kappa shape index (κ1) is 20.6. The van der Waals surface area contributed by atoms with Crippen molar-refractivity contribution in [1.29, 1.82) is 0 Å². The number of carbonyl (C=O) groups is 4. The molecule has 2 aliphatic heterocycles. The number of fused-ring (bicyclic) bond motifs is 1. The molecule has 1 atom stereocenters. The molecule has 160 valence electrons. The van der Waals surface area contributed by atoms with Crippen LogP contribution < -0.4 is 15.4 Å². The molecule has 1 saturated heterocycles. The van der Waals surface area contributed by atoms with Gasteiger partial charge in [-0.2, -0.15) is 0 Å². The van der Waals surface area contributed by atoms with Gasteiger partial charge >= 0.3 is 0 Å². The third-order valence-corrected chi connectivity index (χ3v) is 5.47. The predicted molar refractivity (Wildman–Crippen MR) is 111 cm³/mol. The van der Waals surface area contributed by atoms with Crippen molar-refractivity contribution in [3.05, 3.63) is 64.7 Å². The van der Waals surface area contributed by atoms with Crippen molar-refractivity contribution in [2.24, 2.45) is 0 Å². The molecule has 0 saturated carbocycles. The maximum Gasteiger partial charge on any atom is 0.255 e. The van der Waals surface area contributed by atoms with E-state index in [1.165, 1.54) is 4.90 Å². The Bertz CT molecular complexity index is 1050. The first-order chi connectivity index (χ1) is 15.0. The SMILES string of the molecule is CCOc1ccc(C(=O)NCc2ccc3c(c2)CN(C2CCC(=O)NC2=O)C3=O)cc1. The molecule has 2 aromatic rings. The van der Waals surface area contributed by atoms with Gasteiger partial charge in [-0.1, -0.05) is 12.1 Å². The van der Waals surface area contributed by atoms with Crippen LogP contribution in [0.25, 0.3) is 0 Å². The molecule has 0 aromatic heterocycles. The summed E-state index contributed by atoms with van der Waals surface area (Å²) in [5, 5.41) is 5.17. The highest BCUT2D eigenvalue weighted by Gasteiger charge is 2.39. The van der Waals surface area contributed by atoms with Gasteiger partial charge in [0.1, 0.15) is 11.8 Å². The van der Waals surface area contributed by atoms with Crippen molar-refractivity contribution in [3.8, 4) is 5.75 Å². The predicted octanol–water partition coefficient (Wildman–Crippen LogP) is 1.78. The summed E-state index contributed by atoms with van der Waals surface area (Å²) in [7, 11) is 0. The van der Waals surface area contributed by atoms with Crippen molar-refractivity contribution in [2.45, 2.75) is 38.9 Å². The van der Waals surface area contributed by atoms with Crippen molar-refractivity contribution >= 4 is 23.6 Å². The lowest BCUT2D eigenvalue weighted by atomic mass is 10.0. The van der Waals surface area contributed by atoms with E-state index in [2.05, 4.69) is 10.6 Å². The van der Waals surface area contributed by atoms with Crippen LogP contribution in [0.2, 0.25) is 0 Å². The number of piperidine rings is 1. The molecule has 4 rings (SSSR count). The maximum atomic E-state index is 12.7. The van der Waals surface area contributed by atoms with E-state index in [0.29, 0.717) is 43.0 Å². The van der Waals surface area contributed by atoms with Gasteiger partial charge in [-0.05, 0) is 54.8 Å². The fourth-order valence-electron chi connectivity index (χ4n) is 3.89. The minimum absolute atomic E-state index is 0.204. The Hall–Kier alpha value is -3.68. The van der Waals surface area contributed by atoms with Gasteiger partial charge in [-0.3, -0.25) is 24.5 Å². The molecule has 8 nitrogen and oxygen atoms in total. The Morgan fingerprint density at radius 2 is 1.94 bits per heavy atom. The van der Waals surface area contributed by atoms with Gasteiger partial charge in [0, 0.05) is 30.6 Å². The van der Waals surface area contributed by atoms with Gasteiger partial charge < -0.3 is 15.0 Å². The number of hydrogen-bond acceptors (Lipinski definition) is 5. The lowest BCUT2D eigenvalue weighted by molar-refractivity contribution is -0.136. The van der Waals surface area contributed by atoms with Crippen LogP contribution in [0.4, 0.5) is 0 Å². The van der Waals surface area contributed by atoms with Crippen LogP contribution >= 0.6 is 0 Å². The molecular weight excluding hydrogens is 398 g/mol. The zero-order chi connectivity index (χ0) is 22.0. The monoisotopic (exact) mass is 421 g/mol. The van der Waals surface area contributed by atoms with Crippen LogP contribution in [0.5, 0.6) is 5.75 Å². The molecule has 2 aromatic carbocycles. The first-order valence-electron chi connectivity index (χ1n) is 10.2. The zero-order valence-electron chi connectivity index (χ0n) is 17.1. The summed E-state index contributed by atoms with van der Waals surface area (Å²) in [4.78, 5) is 50.2. The van der Waals surface area contributed by atoms with Gasteiger partial charge in [0.15, 0.2) is 0 Å². The second-order valence-corrected chi connectivity index (χ2v) is 7.53. The van der Waals surface area contributed by atoms with E-state index in [0.717, 1.165) is 11.1 Å². The van der Waals surface area contributed by atoms with Crippen LogP contribution in [-0.2, 0) is 22.7 Å². The number of hydrogen-bond donors (Lipinski definition) is 2. The summed E-state index contributed by atoms with van der Waals surface area (Å²) in [5.74, 6) is -0.446. The molecule has 1 unspecified atom stereocenters. The highest BCUT2D eigenvalue weighted by molar-refractivity contribution is 6.05. The van der Waals surface area contributed by atoms with E-state index in [-0.39, 0.29) is 24.1 Å². The Labute approximate surface area is 179 Å². The summed E-state index contributed by atoms with van der Waals surface area (Å²) >= 11 is 0. The Balaban J connectivity index is 1.39. The standard InChI is InChI=1S/C23H23N3O5/c1-2-31-17-6-4-15(5-7-17)21(28)24-12-14-3-8-18-16(11-14)13-26(23(18)30)19-9-10-20(27)25-22(19)29/h3-8,11,19H,2,9-10,12-13H2,1H3,(H,24,28)(H,25,27,29). The average molecular weight is 421 g/mol. The number of amides is 4. The number of nitrogens with one attached hydrogen (secondary N) is 2. The van der Waals surface area contributed by atoms with Gasteiger partial charge in [0.2, 0.25) is 11.8 Å². The Morgan fingerprint density at radius 1 is 1.16 bits per heavy atom. The van der Waals surface area contributed by atoms with E-state index in [1.807, 2.05) is 13.0 Å². The normalized spacial score (nSPS) is 17.9.